The minimum Gasteiger partial charge on any atom is -0.391 e. The lowest BCUT2D eigenvalue weighted by molar-refractivity contribution is -0.137. The van der Waals surface area contributed by atoms with Crippen LogP contribution in [0.15, 0.2) is 91.1 Å². The monoisotopic (exact) mass is 625 g/mol. The summed E-state index contributed by atoms with van der Waals surface area (Å²) in [6.07, 6.45) is 1.13. The van der Waals surface area contributed by atoms with Crippen molar-refractivity contribution in [2.45, 2.75) is 57.5 Å². The van der Waals surface area contributed by atoms with E-state index in [1.165, 1.54) is 23.3 Å². The molecular formula is C35H39N5O6. The molecule has 4 atom stereocenters. The van der Waals surface area contributed by atoms with Crippen LogP contribution < -0.4 is 16.0 Å². The number of fused-ring (bicyclic) bond motifs is 1. The molecule has 4 N–H and O–H groups in total. The number of carbonyl (C=O) groups excluding carboxylic acids is 5. The van der Waals surface area contributed by atoms with Crippen LogP contribution in [0.4, 0.5) is 0 Å². The van der Waals surface area contributed by atoms with Gasteiger partial charge in [0, 0.05) is 44.9 Å². The fourth-order valence-corrected chi connectivity index (χ4v) is 5.37. The van der Waals surface area contributed by atoms with Gasteiger partial charge in [0.25, 0.3) is 0 Å². The zero-order chi connectivity index (χ0) is 33.2. The van der Waals surface area contributed by atoms with Crippen molar-refractivity contribution in [3.8, 4) is 0 Å². The smallest absolute Gasteiger partial charge is 0.245 e. The van der Waals surface area contributed by atoms with Crippen molar-refractivity contribution in [2.24, 2.45) is 0 Å². The zero-order valence-electron chi connectivity index (χ0n) is 26.1. The van der Waals surface area contributed by atoms with Crippen LogP contribution in [0.5, 0.6) is 0 Å². The Hall–Kier alpha value is -5.29. The molecule has 11 heteroatoms. The third-order valence-electron chi connectivity index (χ3n) is 7.65. The van der Waals surface area contributed by atoms with Crippen molar-refractivity contribution >= 4 is 40.9 Å². The van der Waals surface area contributed by atoms with Gasteiger partial charge >= 0.3 is 0 Å². The lowest BCUT2D eigenvalue weighted by atomic mass is 10.0. The largest absolute Gasteiger partial charge is 0.391 e. The molecule has 46 heavy (non-hydrogen) atoms. The van der Waals surface area contributed by atoms with Crippen LogP contribution in [0.1, 0.15) is 30.5 Å². The van der Waals surface area contributed by atoms with E-state index in [0.29, 0.717) is 29.4 Å². The van der Waals surface area contributed by atoms with Crippen molar-refractivity contribution < 1.29 is 29.1 Å². The van der Waals surface area contributed by atoms with Gasteiger partial charge in [-0.1, -0.05) is 78.9 Å². The van der Waals surface area contributed by atoms with Crippen LogP contribution in [0.3, 0.4) is 0 Å². The van der Waals surface area contributed by atoms with Gasteiger partial charge < -0.3 is 26.0 Å². The number of aromatic nitrogens is 1. The molecule has 240 valence electrons. The van der Waals surface area contributed by atoms with Gasteiger partial charge in [-0.3, -0.25) is 28.5 Å². The summed E-state index contributed by atoms with van der Waals surface area (Å²) in [5.41, 5.74) is 2.96. The predicted octanol–water partition coefficient (Wildman–Crippen LogP) is 1.98. The summed E-state index contributed by atoms with van der Waals surface area (Å²) in [5.74, 6) is -2.29. The lowest BCUT2D eigenvalue weighted by Gasteiger charge is -2.28. The number of benzene rings is 3. The molecular weight excluding hydrogens is 586 g/mol. The van der Waals surface area contributed by atoms with E-state index in [-0.39, 0.29) is 18.7 Å². The first-order valence-electron chi connectivity index (χ1n) is 15.0. The molecule has 4 amide bonds. The Kier molecular flexibility index (Phi) is 11.4. The van der Waals surface area contributed by atoms with Crippen LogP contribution in [0.2, 0.25) is 0 Å². The molecule has 0 bridgehead atoms. The fraction of sp³-hybridized carbons (Fsp3) is 0.286. The summed E-state index contributed by atoms with van der Waals surface area (Å²) in [6, 6.07) is 22.3. The minimum absolute atomic E-state index is 0.0440. The number of hydrogen-bond donors (Lipinski definition) is 4. The summed E-state index contributed by atoms with van der Waals surface area (Å²) in [4.78, 5) is 66.4. The van der Waals surface area contributed by atoms with Crippen LogP contribution in [0, 0.1) is 0 Å². The van der Waals surface area contributed by atoms with Crippen LogP contribution >= 0.6 is 0 Å². The number of rotatable bonds is 14. The molecule has 2 unspecified atom stereocenters. The number of aliphatic hydroxyl groups excluding tert-OH is 1. The van der Waals surface area contributed by atoms with Crippen molar-refractivity contribution in [1.82, 2.24) is 25.4 Å². The summed E-state index contributed by atoms with van der Waals surface area (Å²) in [7, 11) is 1.66. The molecule has 3 aromatic carbocycles. The minimum atomic E-state index is -1.33. The molecule has 0 aliphatic carbocycles. The molecule has 0 saturated heterocycles. The normalized spacial score (nSPS) is 13.6. The van der Waals surface area contributed by atoms with Gasteiger partial charge in [-0.05, 0) is 29.7 Å². The SMILES string of the molecule is CC(=O)NC(C(=O)N[C@H](Cc1cn(C=O)c2ccccc12)C(=O)N[C@@H](Cc1ccccc1)C(=O)N(C)Cc1ccccc1)C(C)O. The Labute approximate surface area is 267 Å². The van der Waals surface area contributed by atoms with Gasteiger partial charge in [0.15, 0.2) is 0 Å². The van der Waals surface area contributed by atoms with Crippen LogP contribution in [-0.4, -0.2) is 75.9 Å². The van der Waals surface area contributed by atoms with E-state index in [4.69, 9.17) is 0 Å². The van der Waals surface area contributed by atoms with Crippen molar-refractivity contribution in [3.63, 3.8) is 0 Å². The fourth-order valence-electron chi connectivity index (χ4n) is 5.37. The van der Waals surface area contributed by atoms with E-state index in [2.05, 4.69) is 16.0 Å². The quantitative estimate of drug-likeness (QED) is 0.158. The Bertz CT molecular complexity index is 1670. The van der Waals surface area contributed by atoms with E-state index in [1.54, 1.807) is 37.5 Å². The second kappa shape index (κ2) is 15.6. The van der Waals surface area contributed by atoms with Crippen molar-refractivity contribution in [3.05, 3.63) is 108 Å². The first-order chi connectivity index (χ1) is 22.1. The number of amides is 4. The molecule has 11 nitrogen and oxygen atoms in total. The number of carbonyl (C=O) groups is 5. The maximum atomic E-state index is 14.1. The first-order valence-corrected chi connectivity index (χ1v) is 15.0. The first kappa shape index (κ1) is 33.6. The standard InChI is InChI=1S/C35H39N5O6/c1-23(42)32(36-24(2)43)34(45)37-29(19-27-21-40(22-41)31-17-11-10-16-28(27)31)33(44)38-30(18-25-12-6-4-7-13-25)35(46)39(3)20-26-14-8-5-9-15-26/h4-17,21-23,29-30,32,42H,18-20H2,1-3H3,(H,36,43)(H,37,45)(H,38,44)/t23?,29-,30+,32?/m1/s1. The maximum Gasteiger partial charge on any atom is 0.245 e. The van der Waals surface area contributed by atoms with Gasteiger partial charge in [0.05, 0.1) is 11.6 Å². The van der Waals surface area contributed by atoms with Gasteiger partial charge in [0.2, 0.25) is 30.0 Å². The zero-order valence-corrected chi connectivity index (χ0v) is 26.1. The van der Waals surface area contributed by atoms with Gasteiger partial charge in [-0.2, -0.15) is 0 Å². The third kappa shape index (κ3) is 8.66. The highest BCUT2D eigenvalue weighted by atomic mass is 16.3. The predicted molar refractivity (Wildman–Crippen MR) is 174 cm³/mol. The molecule has 0 aliphatic rings. The third-order valence-corrected chi connectivity index (χ3v) is 7.65. The Morgan fingerprint density at radius 3 is 2.00 bits per heavy atom. The second-order valence-corrected chi connectivity index (χ2v) is 11.3. The summed E-state index contributed by atoms with van der Waals surface area (Å²) >= 11 is 0. The number of para-hydroxylation sites is 1. The van der Waals surface area contributed by atoms with E-state index in [1.807, 2.05) is 60.7 Å². The van der Waals surface area contributed by atoms with E-state index >= 15 is 0 Å². The lowest BCUT2D eigenvalue weighted by Crippen LogP contribution is -2.59. The molecule has 4 rings (SSSR count). The average Bonchev–Trinajstić information content (AvgIpc) is 3.40. The molecule has 0 saturated carbocycles. The number of likely N-dealkylation sites (N-methyl/N-ethyl adjacent to an activating group) is 1. The van der Waals surface area contributed by atoms with Crippen LogP contribution in [0.25, 0.3) is 10.9 Å². The van der Waals surface area contributed by atoms with E-state index in [9.17, 15) is 29.1 Å². The Morgan fingerprint density at radius 2 is 1.39 bits per heavy atom. The highest BCUT2D eigenvalue weighted by Crippen LogP contribution is 2.22. The molecule has 1 aromatic heterocycles. The van der Waals surface area contributed by atoms with E-state index < -0.39 is 42.0 Å². The molecule has 0 fully saturated rings. The van der Waals surface area contributed by atoms with E-state index in [0.717, 1.165) is 11.1 Å². The maximum absolute atomic E-state index is 14.1. The Balaban J connectivity index is 1.66. The number of nitrogens with one attached hydrogen (secondary N) is 3. The highest BCUT2D eigenvalue weighted by Gasteiger charge is 2.33. The second-order valence-electron chi connectivity index (χ2n) is 11.3. The molecule has 0 radical (unpaired) electrons. The molecule has 4 aromatic rings. The number of aliphatic hydroxyl groups is 1. The van der Waals surface area contributed by atoms with Crippen molar-refractivity contribution in [1.29, 1.82) is 0 Å². The van der Waals surface area contributed by atoms with Crippen molar-refractivity contribution in [2.75, 3.05) is 7.05 Å². The highest BCUT2D eigenvalue weighted by molar-refractivity contribution is 5.95. The topological polar surface area (TPSA) is 150 Å². The summed E-state index contributed by atoms with van der Waals surface area (Å²) in [6.45, 7) is 2.88. The van der Waals surface area contributed by atoms with Gasteiger partial charge in [0.1, 0.15) is 18.1 Å². The van der Waals surface area contributed by atoms with Gasteiger partial charge in [-0.25, -0.2) is 0 Å². The van der Waals surface area contributed by atoms with Gasteiger partial charge in [-0.15, -0.1) is 0 Å². The van der Waals surface area contributed by atoms with Crippen LogP contribution in [-0.2, 0) is 43.4 Å². The average molecular weight is 626 g/mol. The summed E-state index contributed by atoms with van der Waals surface area (Å²) < 4.78 is 1.39. The molecule has 0 spiro atoms. The summed E-state index contributed by atoms with van der Waals surface area (Å²) in [5, 5.41) is 18.9. The molecule has 0 aliphatic heterocycles. The Morgan fingerprint density at radius 1 is 0.804 bits per heavy atom. The molecule has 1 heterocycles. The number of hydrogen-bond acceptors (Lipinski definition) is 6. The number of nitrogens with zero attached hydrogens (tertiary/aromatic N) is 2.